The van der Waals surface area contributed by atoms with Gasteiger partial charge in [0.05, 0.1) is 11.4 Å². The Hall–Kier alpha value is -1.71. The number of carbonyl (C=O) groups excluding carboxylic acids is 1. The summed E-state index contributed by atoms with van der Waals surface area (Å²) in [4.78, 5) is 14.0. The molecule has 2 rings (SSSR count). The third-order valence-electron chi connectivity index (χ3n) is 3.73. The summed E-state index contributed by atoms with van der Waals surface area (Å²) in [6.45, 7) is 5.13. The number of carbonyl (C=O) groups is 1. The highest BCUT2D eigenvalue weighted by Crippen LogP contribution is 2.32. The van der Waals surface area contributed by atoms with E-state index in [1.165, 1.54) is 19.3 Å². The normalized spacial score (nSPS) is 19.3. The lowest BCUT2D eigenvalue weighted by Crippen LogP contribution is -2.38. The van der Waals surface area contributed by atoms with Crippen molar-refractivity contribution in [1.29, 1.82) is 0 Å². The molecule has 1 aromatic rings. The molecule has 19 heavy (non-hydrogen) atoms. The van der Waals surface area contributed by atoms with Gasteiger partial charge in [-0.15, -0.1) is 0 Å². The number of hydrogen-bond acceptors (Lipinski definition) is 3. The van der Waals surface area contributed by atoms with E-state index in [1.54, 1.807) is 0 Å². The van der Waals surface area contributed by atoms with Gasteiger partial charge in [-0.05, 0) is 44.4 Å². The van der Waals surface area contributed by atoms with Crippen molar-refractivity contribution in [2.45, 2.75) is 45.6 Å². The number of nitrogens with zero attached hydrogens (tertiary/aromatic N) is 1. The molecule has 1 aromatic carbocycles. The number of rotatable bonds is 3. The predicted molar refractivity (Wildman–Crippen MR) is 80.4 cm³/mol. The molecule has 1 fully saturated rings. The number of hydrogen-bond donors (Lipinski definition) is 2. The summed E-state index contributed by atoms with van der Waals surface area (Å²) in [6, 6.07) is 6.28. The van der Waals surface area contributed by atoms with E-state index < -0.39 is 0 Å². The molecule has 4 heteroatoms. The first-order valence-corrected chi connectivity index (χ1v) is 7.08. The number of nitrogens with two attached hydrogens (primary N) is 1. The molecule has 1 saturated heterocycles. The first-order valence-electron chi connectivity index (χ1n) is 7.08. The fourth-order valence-corrected chi connectivity index (χ4v) is 2.60. The maximum absolute atomic E-state index is 11.6. The first kappa shape index (κ1) is 13.7. The van der Waals surface area contributed by atoms with Crippen LogP contribution in [-0.4, -0.2) is 18.5 Å². The second kappa shape index (κ2) is 5.95. The van der Waals surface area contributed by atoms with Gasteiger partial charge in [-0.2, -0.15) is 0 Å². The fraction of sp³-hybridized carbons (Fsp3) is 0.533. The van der Waals surface area contributed by atoms with Gasteiger partial charge in [0, 0.05) is 24.7 Å². The van der Waals surface area contributed by atoms with Crippen molar-refractivity contribution in [2.75, 3.05) is 22.5 Å². The lowest BCUT2D eigenvalue weighted by Gasteiger charge is -2.36. The second-order valence-electron chi connectivity index (χ2n) is 5.22. The molecule has 104 valence electrons. The van der Waals surface area contributed by atoms with E-state index >= 15 is 0 Å². The minimum absolute atomic E-state index is 0.0245. The molecule has 1 aliphatic rings. The van der Waals surface area contributed by atoms with E-state index in [-0.39, 0.29) is 5.91 Å². The lowest BCUT2D eigenvalue weighted by atomic mass is 10.0. The van der Waals surface area contributed by atoms with Gasteiger partial charge < -0.3 is 16.0 Å². The highest BCUT2D eigenvalue weighted by atomic mass is 16.1. The number of nitrogens with one attached hydrogen (secondary N) is 1. The van der Waals surface area contributed by atoms with Crippen LogP contribution in [0.15, 0.2) is 18.2 Å². The van der Waals surface area contributed by atoms with E-state index in [0.717, 1.165) is 17.9 Å². The lowest BCUT2D eigenvalue weighted by molar-refractivity contribution is -0.115. The van der Waals surface area contributed by atoms with E-state index in [1.807, 2.05) is 25.1 Å². The molecule has 0 spiro atoms. The SMILES string of the molecule is CCC(=O)Nc1cc(N)ccc1N1CCCCC1C. The van der Waals surface area contributed by atoms with Gasteiger partial charge in [-0.1, -0.05) is 6.92 Å². The molecule has 3 N–H and O–H groups in total. The quantitative estimate of drug-likeness (QED) is 0.822. The smallest absolute Gasteiger partial charge is 0.224 e. The topological polar surface area (TPSA) is 58.4 Å². The van der Waals surface area contributed by atoms with Crippen molar-refractivity contribution in [2.24, 2.45) is 0 Å². The molecule has 0 radical (unpaired) electrons. The Morgan fingerprint density at radius 3 is 2.95 bits per heavy atom. The van der Waals surface area contributed by atoms with E-state index in [4.69, 9.17) is 5.73 Å². The predicted octanol–water partition coefficient (Wildman–Crippen LogP) is 3.00. The van der Waals surface area contributed by atoms with Gasteiger partial charge in [0.2, 0.25) is 5.91 Å². The molecule has 1 amide bonds. The van der Waals surface area contributed by atoms with Crippen molar-refractivity contribution in [3.05, 3.63) is 18.2 Å². The Morgan fingerprint density at radius 1 is 1.47 bits per heavy atom. The average molecular weight is 261 g/mol. The van der Waals surface area contributed by atoms with Gasteiger partial charge in [-0.25, -0.2) is 0 Å². The Balaban J connectivity index is 2.30. The Labute approximate surface area is 115 Å². The Bertz CT molecular complexity index is 459. The molecule has 1 unspecified atom stereocenters. The van der Waals surface area contributed by atoms with Crippen molar-refractivity contribution in [1.82, 2.24) is 0 Å². The molecule has 0 aliphatic carbocycles. The Kier molecular flexibility index (Phi) is 4.30. The summed E-state index contributed by atoms with van der Waals surface area (Å²) in [6.07, 6.45) is 4.16. The fourth-order valence-electron chi connectivity index (χ4n) is 2.60. The number of piperidine rings is 1. The second-order valence-corrected chi connectivity index (χ2v) is 5.22. The number of benzene rings is 1. The highest BCUT2D eigenvalue weighted by molar-refractivity contribution is 5.95. The van der Waals surface area contributed by atoms with Crippen LogP contribution >= 0.6 is 0 Å². The maximum atomic E-state index is 11.6. The molecule has 1 atom stereocenters. The number of anilines is 3. The third-order valence-corrected chi connectivity index (χ3v) is 3.73. The van der Waals surface area contributed by atoms with E-state index in [2.05, 4.69) is 17.1 Å². The van der Waals surface area contributed by atoms with Crippen LogP contribution in [0.3, 0.4) is 0 Å². The largest absolute Gasteiger partial charge is 0.399 e. The van der Waals surface area contributed by atoms with Gasteiger partial charge in [0.15, 0.2) is 0 Å². The van der Waals surface area contributed by atoms with Crippen molar-refractivity contribution in [3.8, 4) is 0 Å². The zero-order chi connectivity index (χ0) is 13.8. The van der Waals surface area contributed by atoms with Crippen LogP contribution in [0.2, 0.25) is 0 Å². The summed E-state index contributed by atoms with van der Waals surface area (Å²) in [7, 11) is 0. The van der Waals surface area contributed by atoms with Crippen LogP contribution in [0.5, 0.6) is 0 Å². The van der Waals surface area contributed by atoms with Crippen LogP contribution in [0.25, 0.3) is 0 Å². The van der Waals surface area contributed by atoms with Crippen LogP contribution in [-0.2, 0) is 4.79 Å². The Morgan fingerprint density at radius 2 is 2.26 bits per heavy atom. The number of nitrogen functional groups attached to an aromatic ring is 1. The van der Waals surface area contributed by atoms with Gasteiger partial charge in [-0.3, -0.25) is 4.79 Å². The van der Waals surface area contributed by atoms with Crippen LogP contribution < -0.4 is 16.0 Å². The zero-order valence-electron chi connectivity index (χ0n) is 11.8. The van der Waals surface area contributed by atoms with Crippen LogP contribution in [0.1, 0.15) is 39.5 Å². The first-order chi connectivity index (χ1) is 9.11. The summed E-state index contributed by atoms with van der Waals surface area (Å²) in [5.74, 6) is 0.0245. The summed E-state index contributed by atoms with van der Waals surface area (Å²) in [5.41, 5.74) is 8.44. The summed E-state index contributed by atoms with van der Waals surface area (Å²) in [5, 5.41) is 2.96. The summed E-state index contributed by atoms with van der Waals surface area (Å²) < 4.78 is 0. The monoisotopic (exact) mass is 261 g/mol. The van der Waals surface area contributed by atoms with Crippen molar-refractivity contribution < 1.29 is 4.79 Å². The highest BCUT2D eigenvalue weighted by Gasteiger charge is 2.21. The third kappa shape index (κ3) is 3.19. The summed E-state index contributed by atoms with van der Waals surface area (Å²) >= 11 is 0. The molecular formula is C15H23N3O. The molecule has 4 nitrogen and oxygen atoms in total. The minimum Gasteiger partial charge on any atom is -0.399 e. The standard InChI is InChI=1S/C15H23N3O/c1-3-15(19)17-13-10-12(16)7-8-14(13)18-9-5-4-6-11(18)2/h7-8,10-11H,3-6,9,16H2,1-2H3,(H,17,19). The number of amides is 1. The molecular weight excluding hydrogens is 238 g/mol. The van der Waals surface area contributed by atoms with Gasteiger partial charge >= 0.3 is 0 Å². The van der Waals surface area contributed by atoms with Gasteiger partial charge in [0.25, 0.3) is 0 Å². The zero-order valence-corrected chi connectivity index (χ0v) is 11.8. The van der Waals surface area contributed by atoms with Crippen molar-refractivity contribution in [3.63, 3.8) is 0 Å². The van der Waals surface area contributed by atoms with Crippen LogP contribution in [0.4, 0.5) is 17.1 Å². The van der Waals surface area contributed by atoms with Crippen LogP contribution in [0, 0.1) is 0 Å². The molecule has 0 aromatic heterocycles. The average Bonchev–Trinajstić information content (AvgIpc) is 2.40. The molecule has 1 heterocycles. The molecule has 0 bridgehead atoms. The van der Waals surface area contributed by atoms with Crippen molar-refractivity contribution >= 4 is 23.0 Å². The van der Waals surface area contributed by atoms with E-state index in [9.17, 15) is 4.79 Å². The van der Waals surface area contributed by atoms with Gasteiger partial charge in [0.1, 0.15) is 0 Å². The van der Waals surface area contributed by atoms with E-state index in [0.29, 0.717) is 18.2 Å². The maximum Gasteiger partial charge on any atom is 0.224 e. The molecule has 0 saturated carbocycles. The molecule has 1 aliphatic heterocycles. The minimum atomic E-state index is 0.0245.